The Morgan fingerprint density at radius 2 is 1.19 bits per heavy atom. The van der Waals surface area contributed by atoms with Crippen molar-refractivity contribution in [2.45, 2.75) is 84.2 Å². The number of nitrogens with zero attached hydrogens (tertiary/aromatic N) is 2. The molecule has 2 fully saturated rings. The third-order valence-corrected chi connectivity index (χ3v) is 7.41. The van der Waals surface area contributed by atoms with E-state index < -0.39 is 5.97 Å². The molecule has 2 aliphatic rings. The van der Waals surface area contributed by atoms with Crippen LogP contribution in [0.25, 0.3) is 0 Å². The minimum Gasteiger partial charge on any atom is -0.494 e. The van der Waals surface area contributed by atoms with E-state index >= 15 is 0 Å². The lowest BCUT2D eigenvalue weighted by molar-refractivity contribution is -0.143. The van der Waals surface area contributed by atoms with E-state index in [4.69, 9.17) is 19.3 Å². The zero-order chi connectivity index (χ0) is 29.8. The van der Waals surface area contributed by atoms with Crippen molar-refractivity contribution in [3.05, 3.63) is 59.7 Å². The second-order valence-electron chi connectivity index (χ2n) is 11.1. The third kappa shape index (κ3) is 14.2. The van der Waals surface area contributed by atoms with Gasteiger partial charge in [0.15, 0.2) is 0 Å². The van der Waals surface area contributed by atoms with Crippen LogP contribution in [0.4, 0.5) is 0 Å². The van der Waals surface area contributed by atoms with E-state index in [-0.39, 0.29) is 12.4 Å². The van der Waals surface area contributed by atoms with Crippen LogP contribution in [0, 0.1) is 0 Å². The van der Waals surface area contributed by atoms with Crippen molar-refractivity contribution < 1.29 is 28.9 Å². The van der Waals surface area contributed by atoms with Gasteiger partial charge < -0.3 is 19.3 Å². The number of carbonyl (C=O) groups excluding carboxylic acids is 1. The quantitative estimate of drug-likeness (QED) is 0.193. The number of carbonyl (C=O) groups is 2. The lowest BCUT2D eigenvalue weighted by Crippen LogP contribution is -2.29. The first-order valence-corrected chi connectivity index (χ1v) is 15.8. The van der Waals surface area contributed by atoms with E-state index in [1.165, 1.54) is 75.8 Å². The zero-order valence-corrected chi connectivity index (χ0v) is 25.4. The van der Waals surface area contributed by atoms with Gasteiger partial charge in [0, 0.05) is 25.9 Å². The number of hydrogen-bond acceptors (Lipinski definition) is 7. The maximum Gasteiger partial charge on any atom is 0.305 e. The molecule has 0 spiro atoms. The monoisotopic (exact) mass is 582 g/mol. The fourth-order valence-electron chi connectivity index (χ4n) is 5.27. The Labute approximate surface area is 251 Å². The van der Waals surface area contributed by atoms with Crippen LogP contribution < -0.4 is 9.47 Å². The Morgan fingerprint density at radius 1 is 0.714 bits per heavy atom. The molecule has 0 unspecified atom stereocenters. The Hall–Kier alpha value is -3.10. The maximum absolute atomic E-state index is 11.2. The highest BCUT2D eigenvalue weighted by Gasteiger charge is 2.12. The molecule has 2 saturated heterocycles. The number of aliphatic carboxylic acids is 1. The van der Waals surface area contributed by atoms with E-state index in [0.717, 1.165) is 24.6 Å². The molecule has 42 heavy (non-hydrogen) atoms. The van der Waals surface area contributed by atoms with Crippen LogP contribution in [0.2, 0.25) is 0 Å². The molecule has 8 heteroatoms. The Bertz CT molecular complexity index is 1050. The molecule has 232 valence electrons. The molecule has 8 nitrogen and oxygen atoms in total. The van der Waals surface area contributed by atoms with Crippen LogP contribution >= 0.6 is 0 Å². The van der Waals surface area contributed by atoms with Gasteiger partial charge in [-0.15, -0.1) is 0 Å². The average Bonchev–Trinajstić information content (AvgIpc) is 2.99. The van der Waals surface area contributed by atoms with E-state index in [1.54, 1.807) is 0 Å². The smallest absolute Gasteiger partial charge is 0.305 e. The minimum atomic E-state index is -0.771. The van der Waals surface area contributed by atoms with Gasteiger partial charge in [0.05, 0.1) is 19.8 Å². The molecule has 0 aliphatic carbocycles. The van der Waals surface area contributed by atoms with Crippen LogP contribution in [0.1, 0.15) is 82.3 Å². The molecule has 2 heterocycles. The van der Waals surface area contributed by atoms with Crippen LogP contribution in [0.15, 0.2) is 48.5 Å². The number of esters is 1. The summed E-state index contributed by atoms with van der Waals surface area (Å²) in [5.41, 5.74) is 2.56. The predicted octanol–water partition coefficient (Wildman–Crippen LogP) is 6.31. The first-order chi connectivity index (χ1) is 20.5. The normalized spacial score (nSPS) is 15.7. The standard InChI is InChI=1S/C18H27NO3.C16H23NO3/c1-2-21-18(20)10-7-13-22-17-9-6-8-16(14-17)15-19-11-4-3-5-12-19;18-16(19)8-5-11-20-15-7-4-6-14(12-15)13-17-9-2-1-3-10-17/h6,8-9,14H,2-5,7,10-13,15H2,1H3;4,6-7,12H,1-3,5,8-11,13H2,(H,18,19). The van der Waals surface area contributed by atoms with Gasteiger partial charge in [0.25, 0.3) is 0 Å². The Kier molecular flexibility index (Phi) is 15.8. The predicted molar refractivity (Wildman–Crippen MR) is 165 cm³/mol. The van der Waals surface area contributed by atoms with Gasteiger partial charge in [0.1, 0.15) is 11.5 Å². The van der Waals surface area contributed by atoms with Gasteiger partial charge in [-0.2, -0.15) is 0 Å². The first kappa shape index (κ1) is 33.4. The number of benzene rings is 2. The van der Waals surface area contributed by atoms with Crippen molar-refractivity contribution in [2.24, 2.45) is 0 Å². The molecular weight excluding hydrogens is 532 g/mol. The Morgan fingerprint density at radius 3 is 1.64 bits per heavy atom. The van der Waals surface area contributed by atoms with Crippen LogP contribution in [0.3, 0.4) is 0 Å². The van der Waals surface area contributed by atoms with Crippen molar-refractivity contribution in [3.63, 3.8) is 0 Å². The first-order valence-electron chi connectivity index (χ1n) is 15.8. The topological polar surface area (TPSA) is 88.5 Å². The number of carboxylic acids is 1. The molecule has 0 bridgehead atoms. The summed E-state index contributed by atoms with van der Waals surface area (Å²) in [6.07, 6.45) is 9.74. The van der Waals surface area contributed by atoms with Gasteiger partial charge >= 0.3 is 11.9 Å². The highest BCUT2D eigenvalue weighted by molar-refractivity contribution is 5.69. The minimum absolute atomic E-state index is 0.148. The molecule has 2 aromatic carbocycles. The molecule has 4 rings (SSSR count). The lowest BCUT2D eigenvalue weighted by atomic mass is 10.1. The van der Waals surface area contributed by atoms with Gasteiger partial charge in [-0.3, -0.25) is 19.4 Å². The van der Waals surface area contributed by atoms with Crippen molar-refractivity contribution in [1.82, 2.24) is 9.80 Å². The fraction of sp³-hybridized carbons (Fsp3) is 0.588. The maximum atomic E-state index is 11.2. The summed E-state index contributed by atoms with van der Waals surface area (Å²) in [7, 11) is 0. The molecule has 0 amide bonds. The van der Waals surface area contributed by atoms with Crippen molar-refractivity contribution in [2.75, 3.05) is 46.0 Å². The molecule has 1 N–H and O–H groups in total. The summed E-state index contributed by atoms with van der Waals surface area (Å²) in [5, 5.41) is 8.58. The van der Waals surface area contributed by atoms with Crippen molar-refractivity contribution in [1.29, 1.82) is 0 Å². The van der Waals surface area contributed by atoms with E-state index in [2.05, 4.69) is 34.1 Å². The van der Waals surface area contributed by atoms with Crippen molar-refractivity contribution in [3.8, 4) is 11.5 Å². The van der Waals surface area contributed by atoms with E-state index in [9.17, 15) is 9.59 Å². The van der Waals surface area contributed by atoms with Gasteiger partial charge in [-0.05, 0) is 107 Å². The number of hydrogen-bond donors (Lipinski definition) is 1. The second kappa shape index (κ2) is 19.9. The summed E-state index contributed by atoms with van der Waals surface area (Å²) in [4.78, 5) is 26.7. The van der Waals surface area contributed by atoms with E-state index in [1.807, 2.05) is 31.2 Å². The zero-order valence-electron chi connectivity index (χ0n) is 25.4. The Balaban J connectivity index is 0.000000231. The summed E-state index contributed by atoms with van der Waals surface area (Å²) in [6, 6.07) is 16.4. The molecule has 0 atom stereocenters. The molecular formula is C34H50N2O6. The van der Waals surface area contributed by atoms with E-state index in [0.29, 0.717) is 39.1 Å². The van der Waals surface area contributed by atoms with Crippen LogP contribution in [-0.2, 0) is 27.4 Å². The SMILES string of the molecule is CCOC(=O)CCCOc1cccc(CN2CCCCC2)c1.O=C(O)CCCOc1cccc(CN2CCCCC2)c1. The summed E-state index contributed by atoms with van der Waals surface area (Å²) >= 11 is 0. The van der Waals surface area contributed by atoms with Gasteiger partial charge in [-0.1, -0.05) is 37.1 Å². The van der Waals surface area contributed by atoms with Crippen molar-refractivity contribution >= 4 is 11.9 Å². The van der Waals surface area contributed by atoms with Gasteiger partial charge in [-0.25, -0.2) is 0 Å². The van der Waals surface area contributed by atoms with Crippen LogP contribution in [-0.4, -0.2) is 72.8 Å². The molecule has 2 aromatic rings. The average molecular weight is 583 g/mol. The number of carboxylic acid groups (broad SMARTS) is 1. The highest BCUT2D eigenvalue weighted by atomic mass is 16.5. The largest absolute Gasteiger partial charge is 0.494 e. The molecule has 0 aromatic heterocycles. The van der Waals surface area contributed by atoms with Gasteiger partial charge in [0.2, 0.25) is 0 Å². The number of ether oxygens (including phenoxy) is 3. The number of rotatable bonds is 15. The summed E-state index contributed by atoms with van der Waals surface area (Å²) < 4.78 is 16.2. The summed E-state index contributed by atoms with van der Waals surface area (Å²) in [6.45, 7) is 10.0. The van der Waals surface area contributed by atoms with Crippen LogP contribution in [0.5, 0.6) is 11.5 Å². The highest BCUT2D eigenvalue weighted by Crippen LogP contribution is 2.19. The third-order valence-electron chi connectivity index (χ3n) is 7.41. The number of piperidine rings is 2. The molecule has 2 aliphatic heterocycles. The molecule has 0 saturated carbocycles. The second-order valence-corrected chi connectivity index (χ2v) is 11.1. The fourth-order valence-corrected chi connectivity index (χ4v) is 5.27. The summed E-state index contributed by atoms with van der Waals surface area (Å²) in [5.74, 6) is 0.806. The number of likely N-dealkylation sites (tertiary alicyclic amines) is 2. The molecule has 0 radical (unpaired) electrons. The lowest BCUT2D eigenvalue weighted by Gasteiger charge is -2.26.